The average molecular weight is 362 g/mol. The van der Waals surface area contributed by atoms with Crippen LogP contribution in [0.3, 0.4) is 0 Å². The van der Waals surface area contributed by atoms with Gasteiger partial charge >= 0.3 is 6.61 Å². The van der Waals surface area contributed by atoms with E-state index < -0.39 is 6.61 Å². The van der Waals surface area contributed by atoms with E-state index in [-0.39, 0.29) is 16.3 Å². The molecule has 3 aromatic rings. The number of nitrogens with one attached hydrogen (secondary N) is 1. The number of phenolic OH excluding ortho intramolecular Hbond substituents is 1. The zero-order chi connectivity index (χ0) is 17.8. The molecule has 25 heavy (non-hydrogen) atoms. The number of hydrogen-bond donors (Lipinski definition) is 2. The lowest BCUT2D eigenvalue weighted by Crippen LogP contribution is -2.01. The van der Waals surface area contributed by atoms with E-state index in [4.69, 9.17) is 12.2 Å². The molecule has 0 fully saturated rings. The molecule has 0 aliphatic carbocycles. The molecule has 0 atom stereocenters. The lowest BCUT2D eigenvalue weighted by molar-refractivity contribution is -0.0498. The van der Waals surface area contributed by atoms with Crippen LogP contribution in [0.4, 0.5) is 8.78 Å². The van der Waals surface area contributed by atoms with Gasteiger partial charge in [0, 0.05) is 5.56 Å². The number of phenols is 1. The van der Waals surface area contributed by atoms with Crippen molar-refractivity contribution in [2.45, 2.75) is 6.61 Å². The van der Waals surface area contributed by atoms with Crippen molar-refractivity contribution in [2.75, 3.05) is 0 Å². The first-order chi connectivity index (χ1) is 12.0. The lowest BCUT2D eigenvalue weighted by atomic mass is 10.2. The fraction of sp³-hybridized carbons (Fsp3) is 0.0625. The molecule has 0 amide bonds. The third kappa shape index (κ3) is 4.07. The molecular formula is C16H12F2N4O2S. The summed E-state index contributed by atoms with van der Waals surface area (Å²) in [5.41, 5.74) is 1.29. The lowest BCUT2D eigenvalue weighted by Gasteiger charge is -2.05. The number of halogens is 2. The van der Waals surface area contributed by atoms with Gasteiger partial charge in [0.25, 0.3) is 0 Å². The Labute approximate surface area is 146 Å². The summed E-state index contributed by atoms with van der Waals surface area (Å²) in [5.74, 6) is 0.572. The van der Waals surface area contributed by atoms with Crippen molar-refractivity contribution in [2.24, 2.45) is 5.10 Å². The van der Waals surface area contributed by atoms with Crippen molar-refractivity contribution >= 4 is 18.4 Å². The summed E-state index contributed by atoms with van der Waals surface area (Å²) in [4.78, 5) is 0. The number of benzene rings is 2. The van der Waals surface area contributed by atoms with Crippen molar-refractivity contribution in [1.29, 1.82) is 0 Å². The first-order valence-electron chi connectivity index (χ1n) is 7.09. The van der Waals surface area contributed by atoms with E-state index in [1.807, 2.05) is 0 Å². The molecule has 9 heteroatoms. The molecule has 0 unspecified atom stereocenters. The molecule has 6 nitrogen and oxygen atoms in total. The summed E-state index contributed by atoms with van der Waals surface area (Å²) in [5, 5.41) is 20.5. The molecule has 1 aromatic heterocycles. The highest BCUT2D eigenvalue weighted by molar-refractivity contribution is 7.71. The Morgan fingerprint density at radius 2 is 2.00 bits per heavy atom. The van der Waals surface area contributed by atoms with Gasteiger partial charge in [0.05, 0.1) is 6.21 Å². The van der Waals surface area contributed by atoms with Crippen LogP contribution in [0.1, 0.15) is 5.56 Å². The van der Waals surface area contributed by atoms with E-state index in [0.717, 1.165) is 0 Å². The number of ether oxygens (including phenoxy) is 1. The van der Waals surface area contributed by atoms with Gasteiger partial charge in [-0.05, 0) is 54.2 Å². The normalized spacial score (nSPS) is 11.3. The van der Waals surface area contributed by atoms with Gasteiger partial charge in [0.1, 0.15) is 11.5 Å². The number of rotatable bonds is 5. The molecule has 0 spiro atoms. The Bertz CT molecular complexity index is 951. The van der Waals surface area contributed by atoms with Gasteiger partial charge in [0.15, 0.2) is 5.82 Å². The summed E-state index contributed by atoms with van der Waals surface area (Å²) in [6.07, 6.45) is 1.52. The highest BCUT2D eigenvalue weighted by Crippen LogP contribution is 2.22. The van der Waals surface area contributed by atoms with E-state index in [1.54, 1.807) is 36.4 Å². The maximum atomic E-state index is 12.2. The second-order valence-electron chi connectivity index (χ2n) is 4.91. The van der Waals surface area contributed by atoms with Crippen LogP contribution in [-0.4, -0.2) is 32.8 Å². The van der Waals surface area contributed by atoms with Crippen molar-refractivity contribution < 1.29 is 18.6 Å². The Balaban J connectivity index is 1.90. The zero-order valence-corrected chi connectivity index (χ0v) is 13.5. The van der Waals surface area contributed by atoms with Gasteiger partial charge in [-0.2, -0.15) is 23.7 Å². The molecule has 0 aliphatic heterocycles. The van der Waals surface area contributed by atoms with E-state index >= 15 is 0 Å². The number of aromatic amines is 1. The molecule has 0 radical (unpaired) electrons. The van der Waals surface area contributed by atoms with Gasteiger partial charge in [-0.25, -0.2) is 5.10 Å². The Hall–Kier alpha value is -3.07. The van der Waals surface area contributed by atoms with Gasteiger partial charge in [-0.15, -0.1) is 0 Å². The minimum absolute atomic E-state index is 0.0442. The predicted molar refractivity (Wildman–Crippen MR) is 90.6 cm³/mol. The second kappa shape index (κ2) is 7.22. The summed E-state index contributed by atoms with van der Waals surface area (Å²) < 4.78 is 30.4. The second-order valence-corrected chi connectivity index (χ2v) is 5.29. The quantitative estimate of drug-likeness (QED) is 0.535. The minimum Gasteiger partial charge on any atom is -0.508 e. The molecule has 1 heterocycles. The standard InChI is InChI=1S/C16H12F2N4O2S/c17-15(18)24-13-6-4-11(5-7-13)14-20-21-16(25)22(14)19-9-10-2-1-3-12(23)8-10/h1-9,15,23H,(H,21,25). The van der Waals surface area contributed by atoms with Crippen LogP contribution in [0.15, 0.2) is 53.6 Å². The fourth-order valence-corrected chi connectivity index (χ4v) is 2.28. The Kier molecular flexibility index (Phi) is 4.85. The molecule has 128 valence electrons. The van der Waals surface area contributed by atoms with Gasteiger partial charge in [-0.3, -0.25) is 0 Å². The largest absolute Gasteiger partial charge is 0.508 e. The highest BCUT2D eigenvalue weighted by Gasteiger charge is 2.10. The molecule has 0 saturated carbocycles. The van der Waals surface area contributed by atoms with Crippen LogP contribution in [-0.2, 0) is 0 Å². The molecular weight excluding hydrogens is 350 g/mol. The molecule has 0 aliphatic rings. The van der Waals surface area contributed by atoms with E-state index in [9.17, 15) is 13.9 Å². The number of H-pyrrole nitrogens is 1. The summed E-state index contributed by atoms with van der Waals surface area (Å²) in [6.45, 7) is -2.88. The number of nitrogens with zero attached hydrogens (tertiary/aromatic N) is 3. The van der Waals surface area contributed by atoms with Crippen molar-refractivity contribution in [3.05, 3.63) is 58.9 Å². The third-order valence-corrected chi connectivity index (χ3v) is 3.44. The maximum Gasteiger partial charge on any atom is 0.387 e. The summed E-state index contributed by atoms with van der Waals surface area (Å²) >= 11 is 5.15. The predicted octanol–water partition coefficient (Wildman–Crippen LogP) is 3.80. The number of hydrogen-bond acceptors (Lipinski definition) is 5. The summed E-state index contributed by atoms with van der Waals surface area (Å²) in [6, 6.07) is 12.5. The smallest absolute Gasteiger partial charge is 0.387 e. The Morgan fingerprint density at radius 1 is 1.24 bits per heavy atom. The van der Waals surface area contributed by atoms with Gasteiger partial charge in [0.2, 0.25) is 4.77 Å². The highest BCUT2D eigenvalue weighted by atomic mass is 32.1. The molecule has 0 bridgehead atoms. The summed E-state index contributed by atoms with van der Waals surface area (Å²) in [7, 11) is 0. The average Bonchev–Trinajstić information content (AvgIpc) is 2.94. The monoisotopic (exact) mass is 362 g/mol. The maximum absolute atomic E-state index is 12.2. The molecule has 0 saturated heterocycles. The van der Waals surface area contributed by atoms with Crippen LogP contribution in [0.2, 0.25) is 0 Å². The first kappa shape index (κ1) is 16.8. The van der Waals surface area contributed by atoms with Crippen molar-refractivity contribution in [3.8, 4) is 22.9 Å². The van der Waals surface area contributed by atoms with Crippen LogP contribution in [0.5, 0.6) is 11.5 Å². The van der Waals surface area contributed by atoms with Gasteiger partial charge in [-0.1, -0.05) is 12.1 Å². The van der Waals surface area contributed by atoms with Crippen molar-refractivity contribution in [1.82, 2.24) is 14.9 Å². The van der Waals surface area contributed by atoms with E-state index in [0.29, 0.717) is 17.0 Å². The minimum atomic E-state index is -2.88. The van der Waals surface area contributed by atoms with Crippen molar-refractivity contribution in [3.63, 3.8) is 0 Å². The first-order valence-corrected chi connectivity index (χ1v) is 7.50. The van der Waals surface area contributed by atoms with E-state index in [2.05, 4.69) is 20.0 Å². The van der Waals surface area contributed by atoms with Crippen LogP contribution in [0.25, 0.3) is 11.4 Å². The topological polar surface area (TPSA) is 75.4 Å². The van der Waals surface area contributed by atoms with Crippen LogP contribution in [0, 0.1) is 4.77 Å². The van der Waals surface area contributed by atoms with E-state index in [1.165, 1.54) is 23.0 Å². The Morgan fingerprint density at radius 3 is 2.68 bits per heavy atom. The number of aromatic nitrogens is 3. The molecule has 2 aromatic carbocycles. The van der Waals surface area contributed by atoms with Gasteiger partial charge < -0.3 is 9.84 Å². The zero-order valence-electron chi connectivity index (χ0n) is 12.6. The molecule has 3 rings (SSSR count). The van der Waals surface area contributed by atoms with Crippen LogP contribution >= 0.6 is 12.2 Å². The molecule has 2 N–H and O–H groups in total. The fourth-order valence-electron chi connectivity index (χ4n) is 2.10. The SMILES string of the molecule is Oc1cccc(C=Nn2c(-c3ccc(OC(F)F)cc3)n[nH]c2=S)c1. The number of aromatic hydroxyl groups is 1. The third-order valence-electron chi connectivity index (χ3n) is 3.18. The number of alkyl halides is 2. The van der Waals surface area contributed by atoms with Crippen LogP contribution < -0.4 is 4.74 Å².